The highest BCUT2D eigenvalue weighted by Gasteiger charge is 2.27. The lowest BCUT2D eigenvalue weighted by Gasteiger charge is -2.25. The zero-order valence-electron chi connectivity index (χ0n) is 10.1. The fourth-order valence-electron chi connectivity index (χ4n) is 2.69. The predicted molar refractivity (Wildman–Crippen MR) is 67.0 cm³/mol. The molecule has 0 radical (unpaired) electrons. The Bertz CT molecular complexity index is 237. The number of ether oxygens (including phenoxy) is 1. The summed E-state index contributed by atoms with van der Waals surface area (Å²) in [6.45, 7) is 4.21. The van der Waals surface area contributed by atoms with Gasteiger partial charge in [-0.15, -0.1) is 0 Å². The lowest BCUT2D eigenvalue weighted by molar-refractivity contribution is 0.0865. The van der Waals surface area contributed by atoms with Crippen LogP contribution in [0.1, 0.15) is 32.6 Å². The van der Waals surface area contributed by atoms with Crippen LogP contribution in [0, 0.1) is 5.92 Å². The highest BCUT2D eigenvalue weighted by molar-refractivity contribution is 7.85. The Labute approximate surface area is 101 Å². The van der Waals surface area contributed by atoms with Gasteiger partial charge in [0.1, 0.15) is 0 Å². The van der Waals surface area contributed by atoms with Crippen LogP contribution in [-0.2, 0) is 15.5 Å². The molecule has 0 saturated carbocycles. The van der Waals surface area contributed by atoms with E-state index < -0.39 is 10.8 Å². The van der Waals surface area contributed by atoms with Gasteiger partial charge in [-0.05, 0) is 31.6 Å². The van der Waals surface area contributed by atoms with Crippen molar-refractivity contribution >= 4 is 10.8 Å². The summed E-state index contributed by atoms with van der Waals surface area (Å²) < 4.78 is 16.9. The van der Waals surface area contributed by atoms with Gasteiger partial charge in [0, 0.05) is 41.5 Å². The standard InChI is InChI=1S/C12H23NO2S/c1-2-12-10(3-6-15-12)9-13-11-4-7-16(14)8-5-11/h10-13H,2-9H2,1H3. The maximum Gasteiger partial charge on any atom is 0.0613 e. The van der Waals surface area contributed by atoms with E-state index in [9.17, 15) is 4.21 Å². The van der Waals surface area contributed by atoms with Crippen LogP contribution in [0.3, 0.4) is 0 Å². The Morgan fingerprint density at radius 3 is 2.75 bits per heavy atom. The largest absolute Gasteiger partial charge is 0.378 e. The van der Waals surface area contributed by atoms with Crippen molar-refractivity contribution in [1.82, 2.24) is 5.32 Å². The summed E-state index contributed by atoms with van der Waals surface area (Å²) in [4.78, 5) is 0. The molecular formula is C12H23NO2S. The van der Waals surface area contributed by atoms with Gasteiger partial charge < -0.3 is 10.1 Å². The third-order valence-corrected chi connectivity index (χ3v) is 5.19. The second kappa shape index (κ2) is 6.12. The molecule has 0 aromatic heterocycles. The van der Waals surface area contributed by atoms with Crippen LogP contribution in [-0.4, -0.2) is 41.0 Å². The fourth-order valence-corrected chi connectivity index (χ4v) is 3.99. The van der Waals surface area contributed by atoms with Crippen LogP contribution in [0.25, 0.3) is 0 Å². The van der Waals surface area contributed by atoms with Crippen LogP contribution < -0.4 is 5.32 Å². The average molecular weight is 245 g/mol. The van der Waals surface area contributed by atoms with E-state index in [0.717, 1.165) is 43.9 Å². The summed E-state index contributed by atoms with van der Waals surface area (Å²) >= 11 is 0. The van der Waals surface area contributed by atoms with Gasteiger partial charge in [-0.25, -0.2) is 0 Å². The van der Waals surface area contributed by atoms with Gasteiger partial charge in [0.2, 0.25) is 0 Å². The minimum atomic E-state index is -0.540. The van der Waals surface area contributed by atoms with Crippen LogP contribution in [0.2, 0.25) is 0 Å². The van der Waals surface area contributed by atoms with E-state index in [1.807, 2.05) is 0 Å². The molecule has 2 rings (SSSR count). The molecule has 2 heterocycles. The zero-order valence-corrected chi connectivity index (χ0v) is 10.9. The first kappa shape index (κ1) is 12.5. The molecule has 94 valence electrons. The van der Waals surface area contributed by atoms with Crippen LogP contribution in [0.15, 0.2) is 0 Å². The minimum absolute atomic E-state index is 0.463. The molecule has 2 fully saturated rings. The highest BCUT2D eigenvalue weighted by atomic mass is 32.2. The van der Waals surface area contributed by atoms with Gasteiger partial charge in [-0.1, -0.05) is 6.92 Å². The zero-order chi connectivity index (χ0) is 11.4. The van der Waals surface area contributed by atoms with Gasteiger partial charge in [0.15, 0.2) is 0 Å². The van der Waals surface area contributed by atoms with Crippen LogP contribution >= 0.6 is 0 Å². The third-order valence-electron chi connectivity index (χ3n) is 3.81. The van der Waals surface area contributed by atoms with Crippen molar-refractivity contribution in [1.29, 1.82) is 0 Å². The third kappa shape index (κ3) is 3.28. The lowest BCUT2D eigenvalue weighted by atomic mass is 9.99. The number of nitrogens with one attached hydrogen (secondary N) is 1. The molecule has 3 nitrogen and oxygen atoms in total. The normalized spacial score (nSPS) is 40.1. The monoisotopic (exact) mass is 245 g/mol. The molecule has 2 aliphatic rings. The van der Waals surface area contributed by atoms with Gasteiger partial charge >= 0.3 is 0 Å². The summed E-state index contributed by atoms with van der Waals surface area (Å²) in [5.74, 6) is 2.46. The van der Waals surface area contributed by atoms with E-state index in [0.29, 0.717) is 18.1 Å². The molecule has 0 aliphatic carbocycles. The minimum Gasteiger partial charge on any atom is -0.378 e. The molecule has 2 aliphatic heterocycles. The van der Waals surface area contributed by atoms with Crippen molar-refractivity contribution in [3.8, 4) is 0 Å². The quantitative estimate of drug-likeness (QED) is 0.811. The van der Waals surface area contributed by atoms with E-state index in [-0.39, 0.29) is 0 Å². The molecule has 4 heteroatoms. The van der Waals surface area contributed by atoms with E-state index in [2.05, 4.69) is 12.2 Å². The summed E-state index contributed by atoms with van der Waals surface area (Å²) in [5.41, 5.74) is 0. The summed E-state index contributed by atoms with van der Waals surface area (Å²) in [6.07, 6.45) is 4.95. The molecule has 0 aromatic carbocycles. The highest BCUT2D eigenvalue weighted by Crippen LogP contribution is 2.23. The van der Waals surface area contributed by atoms with Crippen molar-refractivity contribution in [3.63, 3.8) is 0 Å². The van der Waals surface area contributed by atoms with Gasteiger partial charge in [-0.2, -0.15) is 0 Å². The second-order valence-electron chi connectivity index (χ2n) is 4.90. The van der Waals surface area contributed by atoms with Crippen molar-refractivity contribution < 1.29 is 8.95 Å². The summed E-state index contributed by atoms with van der Waals surface area (Å²) in [7, 11) is -0.540. The topological polar surface area (TPSA) is 38.3 Å². The van der Waals surface area contributed by atoms with Crippen molar-refractivity contribution in [3.05, 3.63) is 0 Å². The van der Waals surface area contributed by atoms with Crippen molar-refractivity contribution in [2.24, 2.45) is 5.92 Å². The SMILES string of the molecule is CCC1OCCC1CNC1CCS(=O)CC1. The summed E-state index contributed by atoms with van der Waals surface area (Å²) in [6, 6.07) is 0.593. The predicted octanol–water partition coefficient (Wildman–Crippen LogP) is 1.30. The molecule has 2 unspecified atom stereocenters. The Morgan fingerprint density at radius 1 is 1.31 bits per heavy atom. The van der Waals surface area contributed by atoms with Crippen LogP contribution in [0.4, 0.5) is 0 Å². The number of rotatable bonds is 4. The smallest absolute Gasteiger partial charge is 0.0613 e. The summed E-state index contributed by atoms with van der Waals surface area (Å²) in [5, 5.41) is 3.63. The van der Waals surface area contributed by atoms with Gasteiger partial charge in [-0.3, -0.25) is 4.21 Å². The Balaban J connectivity index is 1.68. The maximum atomic E-state index is 11.2. The molecular weight excluding hydrogens is 222 g/mol. The molecule has 0 amide bonds. The molecule has 2 saturated heterocycles. The fraction of sp³-hybridized carbons (Fsp3) is 1.00. The Hall–Kier alpha value is 0.0700. The molecule has 0 bridgehead atoms. The lowest BCUT2D eigenvalue weighted by Crippen LogP contribution is -2.39. The first-order chi connectivity index (χ1) is 7.79. The molecule has 1 N–H and O–H groups in total. The van der Waals surface area contributed by atoms with E-state index in [1.54, 1.807) is 0 Å². The van der Waals surface area contributed by atoms with Gasteiger partial charge in [0.05, 0.1) is 6.10 Å². The molecule has 0 spiro atoms. The maximum absolute atomic E-state index is 11.2. The average Bonchev–Trinajstić information content (AvgIpc) is 2.76. The van der Waals surface area contributed by atoms with E-state index in [1.165, 1.54) is 6.42 Å². The second-order valence-corrected chi connectivity index (χ2v) is 6.59. The number of hydrogen-bond donors (Lipinski definition) is 1. The Morgan fingerprint density at radius 2 is 2.06 bits per heavy atom. The first-order valence-corrected chi connectivity index (χ1v) is 7.98. The van der Waals surface area contributed by atoms with Crippen molar-refractivity contribution in [2.45, 2.75) is 44.8 Å². The number of hydrogen-bond acceptors (Lipinski definition) is 3. The van der Waals surface area contributed by atoms with Crippen LogP contribution in [0.5, 0.6) is 0 Å². The molecule has 16 heavy (non-hydrogen) atoms. The first-order valence-electron chi connectivity index (χ1n) is 6.49. The van der Waals surface area contributed by atoms with Crippen molar-refractivity contribution in [2.75, 3.05) is 24.7 Å². The van der Waals surface area contributed by atoms with E-state index in [4.69, 9.17) is 4.74 Å². The molecule has 0 aromatic rings. The van der Waals surface area contributed by atoms with E-state index >= 15 is 0 Å². The van der Waals surface area contributed by atoms with Gasteiger partial charge in [0.25, 0.3) is 0 Å². The Kier molecular flexibility index (Phi) is 4.79. The molecule has 2 atom stereocenters.